The summed E-state index contributed by atoms with van der Waals surface area (Å²) in [7, 11) is 0. The van der Waals surface area contributed by atoms with Gasteiger partial charge >= 0.3 is 5.97 Å². The highest BCUT2D eigenvalue weighted by Crippen LogP contribution is 2.17. The molecule has 5 nitrogen and oxygen atoms in total. The van der Waals surface area contributed by atoms with E-state index in [2.05, 4.69) is 5.32 Å². The summed E-state index contributed by atoms with van der Waals surface area (Å²) in [5.74, 6) is -1.24. The van der Waals surface area contributed by atoms with Crippen LogP contribution in [0.1, 0.15) is 26.7 Å². The first-order chi connectivity index (χ1) is 7.91. The van der Waals surface area contributed by atoms with Crippen LogP contribution in [0, 0.1) is 11.8 Å². The predicted octanol–water partition coefficient (Wildman–Crippen LogP) is 0.840. The first-order valence-corrected chi connectivity index (χ1v) is 6.15. The Bertz CT molecular complexity index is 323. The molecule has 17 heavy (non-hydrogen) atoms. The van der Waals surface area contributed by atoms with Gasteiger partial charge in [0.25, 0.3) is 0 Å². The highest BCUT2D eigenvalue weighted by molar-refractivity contribution is 7.80. The zero-order valence-electron chi connectivity index (χ0n) is 10.1. The normalized spacial score (nSPS) is 17.0. The minimum Gasteiger partial charge on any atom is -0.481 e. The second kappa shape index (κ2) is 5.95. The lowest BCUT2D eigenvalue weighted by Gasteiger charge is -2.32. The van der Waals surface area contributed by atoms with Gasteiger partial charge in [0, 0.05) is 19.0 Å². The van der Waals surface area contributed by atoms with Crippen LogP contribution in [-0.4, -0.2) is 40.1 Å². The van der Waals surface area contributed by atoms with Crippen molar-refractivity contribution in [1.29, 1.82) is 0 Å². The molecular weight excluding hydrogens is 240 g/mol. The maximum absolute atomic E-state index is 11.4. The van der Waals surface area contributed by atoms with E-state index in [-0.39, 0.29) is 17.7 Å². The number of carboxylic acid groups (broad SMARTS) is 1. The van der Waals surface area contributed by atoms with E-state index in [4.69, 9.17) is 17.3 Å². The number of thiocarbonyl (C=S) groups is 1. The van der Waals surface area contributed by atoms with Crippen LogP contribution in [0.2, 0.25) is 0 Å². The first-order valence-electron chi connectivity index (χ1n) is 5.74. The van der Waals surface area contributed by atoms with Gasteiger partial charge in [0.1, 0.15) is 0 Å². The van der Waals surface area contributed by atoms with Crippen molar-refractivity contribution in [2.75, 3.05) is 13.1 Å². The smallest absolute Gasteiger partial charge is 0.306 e. The fourth-order valence-corrected chi connectivity index (χ4v) is 1.94. The molecule has 1 fully saturated rings. The van der Waals surface area contributed by atoms with E-state index in [1.165, 1.54) is 0 Å². The van der Waals surface area contributed by atoms with Crippen LogP contribution >= 0.6 is 12.2 Å². The van der Waals surface area contributed by atoms with Crippen LogP contribution in [0.25, 0.3) is 0 Å². The average molecular weight is 258 g/mol. The Morgan fingerprint density at radius 2 is 1.88 bits per heavy atom. The van der Waals surface area contributed by atoms with E-state index in [1.54, 1.807) is 13.8 Å². The Morgan fingerprint density at radius 1 is 1.35 bits per heavy atom. The lowest BCUT2D eigenvalue weighted by molar-refractivity contribution is -0.143. The summed E-state index contributed by atoms with van der Waals surface area (Å²) in [4.78, 5) is 24.1. The molecule has 0 saturated carbocycles. The van der Waals surface area contributed by atoms with Crippen molar-refractivity contribution in [2.24, 2.45) is 11.8 Å². The Hall–Kier alpha value is -1.17. The van der Waals surface area contributed by atoms with Gasteiger partial charge in [-0.15, -0.1) is 0 Å². The molecular formula is C11H18N2O3S. The fourth-order valence-electron chi connectivity index (χ4n) is 1.66. The number of carbonyl (C=O) groups is 2. The number of piperidine rings is 1. The third-order valence-electron chi connectivity index (χ3n) is 2.89. The highest BCUT2D eigenvalue weighted by Gasteiger charge is 2.26. The largest absolute Gasteiger partial charge is 0.481 e. The molecule has 1 aliphatic rings. The summed E-state index contributed by atoms with van der Waals surface area (Å²) in [6.07, 6.45) is 1.15. The second-order valence-electron chi connectivity index (χ2n) is 4.55. The summed E-state index contributed by atoms with van der Waals surface area (Å²) < 4.78 is 0. The van der Waals surface area contributed by atoms with Crippen molar-refractivity contribution >= 4 is 29.2 Å². The molecule has 1 saturated heterocycles. The molecule has 1 heterocycles. The van der Waals surface area contributed by atoms with Gasteiger partial charge in [-0.05, 0) is 25.1 Å². The number of hydrogen-bond donors (Lipinski definition) is 2. The maximum Gasteiger partial charge on any atom is 0.306 e. The molecule has 0 atom stereocenters. The number of aliphatic carboxylic acids is 1. The molecule has 1 aliphatic heterocycles. The van der Waals surface area contributed by atoms with Crippen molar-refractivity contribution in [3.05, 3.63) is 0 Å². The molecule has 0 aliphatic carbocycles. The Balaban J connectivity index is 2.41. The minimum atomic E-state index is -0.748. The Morgan fingerprint density at radius 3 is 2.29 bits per heavy atom. The molecule has 96 valence electrons. The molecule has 1 rings (SSSR count). The topological polar surface area (TPSA) is 69.6 Å². The van der Waals surface area contributed by atoms with Gasteiger partial charge in [0.05, 0.1) is 5.92 Å². The summed E-state index contributed by atoms with van der Waals surface area (Å²) in [6.45, 7) is 4.78. The summed E-state index contributed by atoms with van der Waals surface area (Å²) >= 11 is 5.12. The molecule has 0 radical (unpaired) electrons. The Labute approximate surface area is 106 Å². The van der Waals surface area contributed by atoms with Crippen molar-refractivity contribution in [3.8, 4) is 0 Å². The van der Waals surface area contributed by atoms with E-state index in [9.17, 15) is 9.59 Å². The zero-order chi connectivity index (χ0) is 13.0. The lowest BCUT2D eigenvalue weighted by atomic mass is 9.97. The Kier molecular flexibility index (Phi) is 4.86. The molecule has 0 aromatic carbocycles. The summed E-state index contributed by atoms with van der Waals surface area (Å²) in [5.41, 5.74) is 0. The van der Waals surface area contributed by atoms with E-state index >= 15 is 0 Å². The second-order valence-corrected chi connectivity index (χ2v) is 4.94. The summed E-state index contributed by atoms with van der Waals surface area (Å²) in [6, 6.07) is 0. The van der Waals surface area contributed by atoms with Crippen molar-refractivity contribution in [3.63, 3.8) is 0 Å². The molecule has 0 aromatic heterocycles. The van der Waals surface area contributed by atoms with Crippen LogP contribution in [-0.2, 0) is 9.59 Å². The molecule has 2 N–H and O–H groups in total. The van der Waals surface area contributed by atoms with E-state index in [0.717, 1.165) is 0 Å². The van der Waals surface area contributed by atoms with Gasteiger partial charge in [-0.2, -0.15) is 0 Å². The van der Waals surface area contributed by atoms with Crippen LogP contribution in [0.3, 0.4) is 0 Å². The average Bonchev–Trinajstić information content (AvgIpc) is 2.28. The van der Waals surface area contributed by atoms with Crippen LogP contribution in [0.4, 0.5) is 0 Å². The molecule has 0 bridgehead atoms. The molecule has 0 unspecified atom stereocenters. The monoisotopic (exact) mass is 258 g/mol. The van der Waals surface area contributed by atoms with Gasteiger partial charge in [-0.25, -0.2) is 0 Å². The maximum atomic E-state index is 11.4. The van der Waals surface area contributed by atoms with Gasteiger partial charge in [-0.1, -0.05) is 13.8 Å². The third-order valence-corrected chi connectivity index (χ3v) is 3.25. The number of nitrogens with zero attached hydrogens (tertiary/aromatic N) is 1. The standard InChI is InChI=1S/C11H18N2O3S/c1-7(2)9(14)12-11(17)13-5-3-8(4-6-13)10(15)16/h7-8H,3-6H2,1-2H3,(H,15,16)(H,12,14,17). The fraction of sp³-hybridized carbons (Fsp3) is 0.727. The molecule has 1 amide bonds. The van der Waals surface area contributed by atoms with Gasteiger partial charge in [0.2, 0.25) is 5.91 Å². The van der Waals surface area contributed by atoms with Crippen molar-refractivity contribution in [1.82, 2.24) is 10.2 Å². The van der Waals surface area contributed by atoms with Crippen molar-refractivity contribution < 1.29 is 14.7 Å². The molecule has 0 aromatic rings. The SMILES string of the molecule is CC(C)C(=O)NC(=S)N1CCC(C(=O)O)CC1. The highest BCUT2D eigenvalue weighted by atomic mass is 32.1. The quantitative estimate of drug-likeness (QED) is 0.718. The van der Waals surface area contributed by atoms with Crippen molar-refractivity contribution in [2.45, 2.75) is 26.7 Å². The predicted molar refractivity (Wildman–Crippen MR) is 67.5 cm³/mol. The van der Waals surface area contributed by atoms with Gasteiger partial charge in [0.15, 0.2) is 5.11 Å². The number of hydrogen-bond acceptors (Lipinski definition) is 3. The first kappa shape index (κ1) is 13.9. The van der Waals surface area contributed by atoms with Gasteiger partial charge < -0.3 is 15.3 Å². The number of rotatable bonds is 2. The van der Waals surface area contributed by atoms with E-state index in [0.29, 0.717) is 31.0 Å². The van der Waals surface area contributed by atoms with Gasteiger partial charge in [-0.3, -0.25) is 9.59 Å². The number of carbonyl (C=O) groups excluding carboxylic acids is 1. The van der Waals surface area contributed by atoms with E-state index < -0.39 is 5.97 Å². The number of amides is 1. The van der Waals surface area contributed by atoms with Crippen LogP contribution < -0.4 is 5.32 Å². The van der Waals surface area contributed by atoms with E-state index in [1.807, 2.05) is 4.90 Å². The number of carboxylic acids is 1. The third kappa shape index (κ3) is 3.96. The minimum absolute atomic E-state index is 0.102. The molecule has 6 heteroatoms. The number of nitrogens with one attached hydrogen (secondary N) is 1. The zero-order valence-corrected chi connectivity index (χ0v) is 10.9. The van der Waals surface area contributed by atoms with Crippen LogP contribution in [0.5, 0.6) is 0 Å². The molecule has 0 spiro atoms. The van der Waals surface area contributed by atoms with Crippen LogP contribution in [0.15, 0.2) is 0 Å². The number of likely N-dealkylation sites (tertiary alicyclic amines) is 1. The summed E-state index contributed by atoms with van der Waals surface area (Å²) in [5, 5.41) is 11.9. The lowest BCUT2D eigenvalue weighted by Crippen LogP contribution is -2.48.